The van der Waals surface area contributed by atoms with Crippen molar-refractivity contribution < 1.29 is 5.11 Å². The van der Waals surface area contributed by atoms with Crippen LogP contribution in [0.4, 0.5) is 10.8 Å². The molecule has 1 heterocycles. The van der Waals surface area contributed by atoms with Crippen molar-refractivity contribution in [1.29, 1.82) is 5.26 Å². The van der Waals surface area contributed by atoms with E-state index < -0.39 is 0 Å². The monoisotopic (exact) mass is 293 g/mol. The molecule has 0 spiro atoms. The Morgan fingerprint density at radius 3 is 2.57 bits per heavy atom. The zero-order valence-corrected chi connectivity index (χ0v) is 11.8. The Morgan fingerprint density at radius 2 is 1.86 bits per heavy atom. The first-order valence-electron chi connectivity index (χ1n) is 6.27. The third kappa shape index (κ3) is 2.86. The van der Waals surface area contributed by atoms with Gasteiger partial charge in [0.2, 0.25) is 0 Å². The van der Waals surface area contributed by atoms with Crippen LogP contribution in [0.5, 0.6) is 5.75 Å². The van der Waals surface area contributed by atoms with Crippen LogP contribution in [0.25, 0.3) is 11.3 Å². The molecule has 0 saturated carbocycles. The zero-order valence-electron chi connectivity index (χ0n) is 10.9. The number of aromatic hydroxyl groups is 1. The first-order valence-corrected chi connectivity index (χ1v) is 7.15. The standard InChI is InChI=1S/C16H11N3OS/c17-9-11-5-7-12(8-6-11)14-10-21-16(19-14)18-13-3-1-2-4-15(13)20/h1-8,10,20H,(H,18,19). The van der Waals surface area contributed by atoms with Gasteiger partial charge >= 0.3 is 0 Å². The normalized spacial score (nSPS) is 10.0. The summed E-state index contributed by atoms with van der Waals surface area (Å²) in [6.45, 7) is 0. The van der Waals surface area contributed by atoms with E-state index in [1.807, 2.05) is 23.6 Å². The van der Waals surface area contributed by atoms with Gasteiger partial charge in [-0.15, -0.1) is 11.3 Å². The maximum absolute atomic E-state index is 9.74. The van der Waals surface area contributed by atoms with E-state index in [4.69, 9.17) is 5.26 Å². The van der Waals surface area contributed by atoms with Gasteiger partial charge in [-0.3, -0.25) is 0 Å². The third-order valence-electron chi connectivity index (χ3n) is 2.96. The highest BCUT2D eigenvalue weighted by Gasteiger charge is 2.06. The molecule has 0 amide bonds. The van der Waals surface area contributed by atoms with Gasteiger partial charge in [-0.2, -0.15) is 5.26 Å². The van der Waals surface area contributed by atoms with Crippen molar-refractivity contribution in [3.8, 4) is 23.1 Å². The van der Waals surface area contributed by atoms with Crippen LogP contribution in [0.2, 0.25) is 0 Å². The maximum Gasteiger partial charge on any atom is 0.187 e. The number of phenolic OH excluding ortho intramolecular Hbond substituents is 1. The second-order valence-electron chi connectivity index (χ2n) is 4.37. The summed E-state index contributed by atoms with van der Waals surface area (Å²) in [5.74, 6) is 0.188. The van der Waals surface area contributed by atoms with Crippen molar-refractivity contribution in [1.82, 2.24) is 4.98 Å². The lowest BCUT2D eigenvalue weighted by Crippen LogP contribution is -1.89. The summed E-state index contributed by atoms with van der Waals surface area (Å²) in [5.41, 5.74) is 3.04. The molecular formula is C16H11N3OS. The van der Waals surface area contributed by atoms with E-state index in [9.17, 15) is 5.11 Å². The van der Waals surface area contributed by atoms with E-state index in [0.717, 1.165) is 11.3 Å². The molecule has 0 bridgehead atoms. The lowest BCUT2D eigenvalue weighted by atomic mass is 10.1. The molecule has 2 N–H and O–H groups in total. The predicted molar refractivity (Wildman–Crippen MR) is 83.7 cm³/mol. The van der Waals surface area contributed by atoms with E-state index in [2.05, 4.69) is 16.4 Å². The quantitative estimate of drug-likeness (QED) is 0.712. The fourth-order valence-corrected chi connectivity index (χ4v) is 2.61. The lowest BCUT2D eigenvalue weighted by molar-refractivity contribution is 0.478. The van der Waals surface area contributed by atoms with Crippen LogP contribution in [0.15, 0.2) is 53.9 Å². The van der Waals surface area contributed by atoms with Crippen molar-refractivity contribution in [3.63, 3.8) is 0 Å². The van der Waals surface area contributed by atoms with E-state index in [-0.39, 0.29) is 5.75 Å². The average Bonchev–Trinajstić information content (AvgIpc) is 2.98. The first-order chi connectivity index (χ1) is 10.3. The topological polar surface area (TPSA) is 68.9 Å². The number of para-hydroxylation sites is 2. The first kappa shape index (κ1) is 13.2. The number of anilines is 2. The maximum atomic E-state index is 9.74. The smallest absolute Gasteiger partial charge is 0.187 e. The van der Waals surface area contributed by atoms with Crippen LogP contribution in [0.1, 0.15) is 5.56 Å². The van der Waals surface area contributed by atoms with Crippen LogP contribution in [-0.2, 0) is 0 Å². The highest BCUT2D eigenvalue weighted by Crippen LogP contribution is 2.30. The molecule has 0 unspecified atom stereocenters. The number of nitriles is 1. The summed E-state index contributed by atoms with van der Waals surface area (Å²) in [4.78, 5) is 4.49. The van der Waals surface area contributed by atoms with Crippen LogP contribution in [0.3, 0.4) is 0 Å². The molecule has 0 saturated heterocycles. The number of nitrogens with zero attached hydrogens (tertiary/aromatic N) is 2. The molecule has 3 aromatic rings. The SMILES string of the molecule is N#Cc1ccc(-c2csc(Nc3ccccc3O)n2)cc1. The number of benzene rings is 2. The Bertz CT molecular complexity index is 803. The van der Waals surface area contributed by atoms with E-state index in [1.165, 1.54) is 11.3 Å². The molecule has 1 aromatic heterocycles. The molecule has 0 aliphatic rings. The van der Waals surface area contributed by atoms with Crippen LogP contribution in [0, 0.1) is 11.3 Å². The predicted octanol–water partition coefficient (Wildman–Crippen LogP) is 4.13. The molecule has 102 valence electrons. The minimum Gasteiger partial charge on any atom is -0.506 e. The summed E-state index contributed by atoms with van der Waals surface area (Å²) in [6.07, 6.45) is 0. The van der Waals surface area contributed by atoms with Gasteiger partial charge in [0.15, 0.2) is 5.13 Å². The molecule has 0 fully saturated rings. The Labute approximate surface area is 126 Å². The third-order valence-corrected chi connectivity index (χ3v) is 3.72. The Kier molecular flexibility index (Phi) is 3.54. The molecule has 0 atom stereocenters. The van der Waals surface area contributed by atoms with Gasteiger partial charge in [0.25, 0.3) is 0 Å². The van der Waals surface area contributed by atoms with E-state index in [0.29, 0.717) is 16.4 Å². The molecule has 0 aliphatic heterocycles. The number of hydrogen-bond donors (Lipinski definition) is 2. The van der Waals surface area contributed by atoms with Crippen LogP contribution < -0.4 is 5.32 Å². The number of nitrogens with one attached hydrogen (secondary N) is 1. The molecule has 4 nitrogen and oxygen atoms in total. The highest BCUT2D eigenvalue weighted by molar-refractivity contribution is 7.14. The molecule has 21 heavy (non-hydrogen) atoms. The van der Waals surface area contributed by atoms with Crippen molar-refractivity contribution in [3.05, 3.63) is 59.5 Å². The van der Waals surface area contributed by atoms with Crippen molar-refractivity contribution in [2.75, 3.05) is 5.32 Å². The zero-order chi connectivity index (χ0) is 14.7. The van der Waals surface area contributed by atoms with Gasteiger partial charge in [0, 0.05) is 10.9 Å². The number of aromatic nitrogens is 1. The summed E-state index contributed by atoms with van der Waals surface area (Å²) >= 11 is 1.46. The molecule has 2 aromatic carbocycles. The molecule has 3 rings (SSSR count). The molecule has 5 heteroatoms. The number of thiazole rings is 1. The van der Waals surface area contributed by atoms with Gasteiger partial charge in [0.1, 0.15) is 5.75 Å². The molecule has 0 radical (unpaired) electrons. The highest BCUT2D eigenvalue weighted by atomic mass is 32.1. The number of hydrogen-bond acceptors (Lipinski definition) is 5. The minimum atomic E-state index is 0.188. The van der Waals surface area contributed by atoms with Gasteiger partial charge in [-0.1, -0.05) is 24.3 Å². The number of rotatable bonds is 3. The second-order valence-corrected chi connectivity index (χ2v) is 5.23. The lowest BCUT2D eigenvalue weighted by Gasteiger charge is -2.04. The summed E-state index contributed by atoms with van der Waals surface area (Å²) < 4.78 is 0. The van der Waals surface area contributed by atoms with Crippen molar-refractivity contribution in [2.45, 2.75) is 0 Å². The number of phenols is 1. The second kappa shape index (κ2) is 5.65. The van der Waals surface area contributed by atoms with Crippen LogP contribution >= 0.6 is 11.3 Å². The van der Waals surface area contributed by atoms with Crippen molar-refractivity contribution in [2.24, 2.45) is 0 Å². The van der Waals surface area contributed by atoms with E-state index >= 15 is 0 Å². The van der Waals surface area contributed by atoms with Gasteiger partial charge < -0.3 is 10.4 Å². The fourth-order valence-electron chi connectivity index (χ4n) is 1.87. The summed E-state index contributed by atoms with van der Waals surface area (Å²) in [5, 5.41) is 24.3. The van der Waals surface area contributed by atoms with Crippen molar-refractivity contribution >= 4 is 22.2 Å². The summed E-state index contributed by atoms with van der Waals surface area (Å²) in [6, 6.07) is 16.4. The van der Waals surface area contributed by atoms with Gasteiger partial charge in [0.05, 0.1) is 23.0 Å². The van der Waals surface area contributed by atoms with Gasteiger partial charge in [-0.05, 0) is 24.3 Å². The Morgan fingerprint density at radius 1 is 1.10 bits per heavy atom. The van der Waals surface area contributed by atoms with Gasteiger partial charge in [-0.25, -0.2) is 4.98 Å². The summed E-state index contributed by atoms with van der Waals surface area (Å²) in [7, 11) is 0. The van der Waals surface area contributed by atoms with Crippen LogP contribution in [-0.4, -0.2) is 10.1 Å². The Hall–Kier alpha value is -2.84. The minimum absolute atomic E-state index is 0.188. The molecular weight excluding hydrogens is 282 g/mol. The molecule has 0 aliphatic carbocycles. The largest absolute Gasteiger partial charge is 0.506 e. The fraction of sp³-hybridized carbons (Fsp3) is 0. The average molecular weight is 293 g/mol. The van der Waals surface area contributed by atoms with E-state index in [1.54, 1.807) is 30.3 Å². The Balaban J connectivity index is 1.83.